The van der Waals surface area contributed by atoms with Crippen LogP contribution >= 0.6 is 0 Å². The maximum atomic E-state index is 12.4. The minimum Gasteiger partial charge on any atom is -0.483 e. The number of nitrogens with zero attached hydrogens (tertiary/aromatic N) is 1. The molecule has 1 N–H and O–H groups in total. The molecule has 116 valence electrons. The number of aliphatic hydroxyl groups is 1. The van der Waals surface area contributed by atoms with E-state index in [1.807, 2.05) is 40.7 Å². The van der Waals surface area contributed by atoms with E-state index in [1.165, 1.54) is 0 Å². The van der Waals surface area contributed by atoms with Crippen LogP contribution in [0.2, 0.25) is 0 Å². The lowest BCUT2D eigenvalue weighted by atomic mass is 9.99. The number of benzene rings is 1. The van der Waals surface area contributed by atoms with Gasteiger partial charge in [0, 0.05) is 6.54 Å². The van der Waals surface area contributed by atoms with Gasteiger partial charge in [-0.05, 0) is 57.7 Å². The summed E-state index contributed by atoms with van der Waals surface area (Å²) in [7, 11) is 0. The van der Waals surface area contributed by atoms with Gasteiger partial charge in [-0.25, -0.2) is 0 Å². The Kier molecular flexibility index (Phi) is 4.28. The molecule has 0 aliphatic carbocycles. The Morgan fingerprint density at radius 1 is 1.33 bits per heavy atom. The maximum absolute atomic E-state index is 12.4. The molecule has 0 aromatic heterocycles. The minimum absolute atomic E-state index is 0.0152. The van der Waals surface area contributed by atoms with Crippen molar-refractivity contribution in [3.8, 4) is 5.75 Å². The van der Waals surface area contributed by atoms with Gasteiger partial charge in [-0.3, -0.25) is 4.79 Å². The number of hydrogen-bond acceptors (Lipinski definition) is 3. The highest BCUT2D eigenvalue weighted by atomic mass is 16.5. The number of likely N-dealkylation sites (tertiary alicyclic amines) is 1. The van der Waals surface area contributed by atoms with Gasteiger partial charge in [0.25, 0.3) is 5.91 Å². The summed E-state index contributed by atoms with van der Waals surface area (Å²) in [6.07, 6.45) is 0.158. The van der Waals surface area contributed by atoms with E-state index in [0.717, 1.165) is 22.4 Å². The third-order valence-electron chi connectivity index (χ3n) is 4.65. The van der Waals surface area contributed by atoms with E-state index in [2.05, 4.69) is 6.07 Å². The van der Waals surface area contributed by atoms with Crippen LogP contribution < -0.4 is 4.74 Å². The average molecular weight is 291 g/mol. The van der Waals surface area contributed by atoms with Gasteiger partial charge in [0.1, 0.15) is 5.75 Å². The van der Waals surface area contributed by atoms with Crippen LogP contribution in [0.3, 0.4) is 0 Å². The highest BCUT2D eigenvalue weighted by molar-refractivity contribution is 5.79. The van der Waals surface area contributed by atoms with Crippen molar-refractivity contribution in [3.05, 3.63) is 28.8 Å². The highest BCUT2D eigenvalue weighted by Crippen LogP contribution is 2.30. The third-order valence-corrected chi connectivity index (χ3v) is 4.65. The summed E-state index contributed by atoms with van der Waals surface area (Å²) in [5.74, 6) is 0.720. The molecule has 21 heavy (non-hydrogen) atoms. The van der Waals surface area contributed by atoms with E-state index in [-0.39, 0.29) is 12.5 Å². The van der Waals surface area contributed by atoms with Crippen LogP contribution in [0.1, 0.15) is 37.0 Å². The van der Waals surface area contributed by atoms with Gasteiger partial charge in [-0.15, -0.1) is 0 Å². The van der Waals surface area contributed by atoms with Gasteiger partial charge in [0.15, 0.2) is 6.61 Å². The second kappa shape index (κ2) is 5.68. The first-order valence-corrected chi connectivity index (χ1v) is 7.43. The summed E-state index contributed by atoms with van der Waals surface area (Å²) in [5, 5.41) is 9.95. The van der Waals surface area contributed by atoms with E-state index in [1.54, 1.807) is 4.90 Å². The molecule has 1 aromatic rings. The Labute approximate surface area is 126 Å². The Bertz CT molecular complexity index is 551. The summed E-state index contributed by atoms with van der Waals surface area (Å²) < 4.78 is 5.78. The first kappa shape index (κ1) is 15.8. The monoisotopic (exact) mass is 291 g/mol. The highest BCUT2D eigenvalue weighted by Gasteiger charge is 2.42. The molecule has 4 nitrogen and oxygen atoms in total. The predicted octanol–water partition coefficient (Wildman–Crippen LogP) is 2.36. The zero-order chi connectivity index (χ0) is 15.8. The Morgan fingerprint density at radius 3 is 2.52 bits per heavy atom. The van der Waals surface area contributed by atoms with Crippen molar-refractivity contribution in [2.75, 3.05) is 13.2 Å². The Hall–Kier alpha value is -1.55. The number of hydrogen-bond donors (Lipinski definition) is 1. The van der Waals surface area contributed by atoms with E-state index in [4.69, 9.17) is 4.74 Å². The van der Waals surface area contributed by atoms with Gasteiger partial charge in [-0.1, -0.05) is 12.1 Å². The molecule has 0 saturated carbocycles. The summed E-state index contributed by atoms with van der Waals surface area (Å²) in [6, 6.07) is 4.06. The fourth-order valence-corrected chi connectivity index (χ4v) is 2.88. The smallest absolute Gasteiger partial charge is 0.261 e. The van der Waals surface area contributed by atoms with Gasteiger partial charge in [0.05, 0.1) is 11.6 Å². The second-order valence-corrected chi connectivity index (χ2v) is 6.45. The van der Waals surface area contributed by atoms with Crippen molar-refractivity contribution in [1.82, 2.24) is 4.90 Å². The summed E-state index contributed by atoms with van der Waals surface area (Å²) in [4.78, 5) is 14.1. The molecule has 0 spiro atoms. The molecular formula is C17H25NO3. The topological polar surface area (TPSA) is 49.8 Å². The molecule has 1 aliphatic rings. The van der Waals surface area contributed by atoms with Gasteiger partial charge in [0.2, 0.25) is 0 Å². The molecule has 1 unspecified atom stereocenters. The Morgan fingerprint density at radius 2 is 1.95 bits per heavy atom. The quantitative estimate of drug-likeness (QED) is 0.930. The minimum atomic E-state index is -0.517. The third kappa shape index (κ3) is 2.91. The summed E-state index contributed by atoms with van der Waals surface area (Å²) in [6.45, 7) is 10.4. The average Bonchev–Trinajstić information content (AvgIpc) is 2.68. The van der Waals surface area contributed by atoms with Crippen LogP contribution in [-0.4, -0.2) is 40.7 Å². The van der Waals surface area contributed by atoms with Crippen molar-refractivity contribution in [1.29, 1.82) is 0 Å². The van der Waals surface area contributed by atoms with Crippen LogP contribution in [0.4, 0.5) is 0 Å². The predicted molar refractivity (Wildman–Crippen MR) is 82.6 cm³/mol. The van der Waals surface area contributed by atoms with E-state index in [0.29, 0.717) is 13.0 Å². The van der Waals surface area contributed by atoms with E-state index < -0.39 is 11.6 Å². The van der Waals surface area contributed by atoms with Crippen molar-refractivity contribution in [3.63, 3.8) is 0 Å². The van der Waals surface area contributed by atoms with Gasteiger partial charge >= 0.3 is 0 Å². The largest absolute Gasteiger partial charge is 0.483 e. The van der Waals surface area contributed by atoms with Crippen LogP contribution in [0.25, 0.3) is 0 Å². The standard InChI is InChI=1S/C17H25NO3/c1-11-6-7-12(2)16(13(11)3)21-10-15(20)18-9-8-14(19)17(18,4)5/h6-7,14,19H,8-10H2,1-5H3. The number of carbonyl (C=O) groups is 1. The lowest BCUT2D eigenvalue weighted by Gasteiger charge is -2.33. The fourth-order valence-electron chi connectivity index (χ4n) is 2.88. The first-order chi connectivity index (χ1) is 9.75. The molecule has 0 bridgehead atoms. The SMILES string of the molecule is Cc1ccc(C)c(OCC(=O)N2CCC(O)C2(C)C)c1C. The first-order valence-electron chi connectivity index (χ1n) is 7.43. The van der Waals surface area contributed by atoms with Crippen molar-refractivity contribution >= 4 is 5.91 Å². The molecule has 1 fully saturated rings. The molecule has 2 rings (SSSR count). The van der Waals surface area contributed by atoms with Crippen LogP contribution in [0.5, 0.6) is 5.75 Å². The van der Waals surface area contributed by atoms with E-state index in [9.17, 15) is 9.90 Å². The lowest BCUT2D eigenvalue weighted by molar-refractivity contribution is -0.138. The fraction of sp³-hybridized carbons (Fsp3) is 0.588. The van der Waals surface area contributed by atoms with Crippen molar-refractivity contribution in [2.24, 2.45) is 0 Å². The van der Waals surface area contributed by atoms with Gasteiger partial charge in [-0.2, -0.15) is 0 Å². The molecule has 1 heterocycles. The van der Waals surface area contributed by atoms with Crippen LogP contribution in [0.15, 0.2) is 12.1 Å². The number of aryl methyl sites for hydroxylation is 2. The van der Waals surface area contributed by atoms with Crippen LogP contribution in [-0.2, 0) is 4.79 Å². The number of rotatable bonds is 3. The molecule has 1 atom stereocenters. The van der Waals surface area contributed by atoms with Crippen molar-refractivity contribution in [2.45, 2.75) is 52.7 Å². The van der Waals surface area contributed by atoms with Crippen molar-refractivity contribution < 1.29 is 14.6 Å². The summed E-state index contributed by atoms with van der Waals surface area (Å²) in [5.41, 5.74) is 2.74. The van der Waals surface area contributed by atoms with Gasteiger partial charge < -0.3 is 14.7 Å². The zero-order valence-corrected chi connectivity index (χ0v) is 13.6. The Balaban J connectivity index is 2.08. The number of amides is 1. The van der Waals surface area contributed by atoms with E-state index >= 15 is 0 Å². The second-order valence-electron chi connectivity index (χ2n) is 6.45. The molecular weight excluding hydrogens is 266 g/mol. The maximum Gasteiger partial charge on any atom is 0.261 e. The van der Waals surface area contributed by atoms with Crippen LogP contribution in [0, 0.1) is 20.8 Å². The molecule has 1 saturated heterocycles. The molecule has 0 radical (unpaired) electrons. The number of ether oxygens (including phenoxy) is 1. The number of aliphatic hydroxyl groups excluding tert-OH is 1. The molecule has 1 aromatic carbocycles. The molecule has 1 amide bonds. The molecule has 4 heteroatoms. The molecule has 1 aliphatic heterocycles. The normalized spacial score (nSPS) is 20.7. The summed E-state index contributed by atoms with van der Waals surface area (Å²) >= 11 is 0. The zero-order valence-electron chi connectivity index (χ0n) is 13.6. The number of carbonyl (C=O) groups excluding carboxylic acids is 1. The lowest BCUT2D eigenvalue weighted by Crippen LogP contribution is -2.49.